The Bertz CT molecular complexity index is 998. The maximum absolute atomic E-state index is 10.9. The van der Waals surface area contributed by atoms with Crippen molar-refractivity contribution >= 4 is 17.6 Å². The SMILES string of the molecule is O=C(O)Cc1cccc(-c2ccc(C#CCOc3cccc(Cl)c3)cc2)c1. The molecule has 0 atom stereocenters. The van der Waals surface area contributed by atoms with Gasteiger partial charge in [0.15, 0.2) is 0 Å². The van der Waals surface area contributed by atoms with E-state index in [1.54, 1.807) is 12.1 Å². The van der Waals surface area contributed by atoms with Crippen molar-refractivity contribution < 1.29 is 14.6 Å². The van der Waals surface area contributed by atoms with Gasteiger partial charge in [-0.05, 0) is 47.0 Å². The van der Waals surface area contributed by atoms with E-state index in [1.165, 1.54) is 0 Å². The number of ether oxygens (including phenoxy) is 1. The number of carboxylic acid groups (broad SMARTS) is 1. The monoisotopic (exact) mass is 376 g/mol. The lowest BCUT2D eigenvalue weighted by Gasteiger charge is -2.04. The Labute approximate surface area is 163 Å². The van der Waals surface area contributed by atoms with Crippen molar-refractivity contribution in [1.82, 2.24) is 0 Å². The van der Waals surface area contributed by atoms with Crippen LogP contribution in [0.25, 0.3) is 11.1 Å². The summed E-state index contributed by atoms with van der Waals surface area (Å²) in [6.45, 7) is 0.277. The van der Waals surface area contributed by atoms with E-state index in [-0.39, 0.29) is 13.0 Å². The highest BCUT2D eigenvalue weighted by Gasteiger charge is 2.03. The van der Waals surface area contributed by atoms with Gasteiger partial charge in [0, 0.05) is 10.6 Å². The number of aliphatic carboxylic acids is 1. The molecule has 3 aromatic carbocycles. The molecule has 3 nitrogen and oxygen atoms in total. The summed E-state index contributed by atoms with van der Waals surface area (Å²) in [5.74, 6) is 5.89. The molecule has 1 N–H and O–H groups in total. The van der Waals surface area contributed by atoms with Gasteiger partial charge in [0.05, 0.1) is 6.42 Å². The minimum absolute atomic E-state index is 0.0179. The van der Waals surface area contributed by atoms with Crippen molar-refractivity contribution in [3.05, 3.63) is 88.9 Å². The molecule has 0 aliphatic heterocycles. The minimum atomic E-state index is -0.835. The van der Waals surface area contributed by atoms with Crippen LogP contribution < -0.4 is 4.74 Å². The van der Waals surface area contributed by atoms with Gasteiger partial charge in [0.1, 0.15) is 12.4 Å². The van der Waals surface area contributed by atoms with E-state index < -0.39 is 5.97 Å². The highest BCUT2D eigenvalue weighted by Crippen LogP contribution is 2.21. The van der Waals surface area contributed by atoms with Gasteiger partial charge in [0.2, 0.25) is 0 Å². The van der Waals surface area contributed by atoms with Crippen LogP contribution in [-0.4, -0.2) is 17.7 Å². The van der Waals surface area contributed by atoms with Gasteiger partial charge in [-0.25, -0.2) is 0 Å². The molecule has 0 unspecified atom stereocenters. The van der Waals surface area contributed by atoms with Gasteiger partial charge in [-0.15, -0.1) is 0 Å². The number of benzene rings is 3. The molecule has 0 aromatic heterocycles. The normalized spacial score (nSPS) is 9.96. The van der Waals surface area contributed by atoms with E-state index in [0.717, 1.165) is 22.3 Å². The van der Waals surface area contributed by atoms with Crippen LogP contribution in [0, 0.1) is 11.8 Å². The van der Waals surface area contributed by atoms with E-state index >= 15 is 0 Å². The summed E-state index contributed by atoms with van der Waals surface area (Å²) in [4.78, 5) is 10.9. The van der Waals surface area contributed by atoms with Crippen molar-refractivity contribution in [3.63, 3.8) is 0 Å². The third kappa shape index (κ3) is 5.64. The predicted octanol–water partition coefficient (Wildman–Crippen LogP) is 5.06. The quantitative estimate of drug-likeness (QED) is 0.633. The molecule has 4 heteroatoms. The molecule has 134 valence electrons. The molecule has 0 aliphatic carbocycles. The van der Waals surface area contributed by atoms with Crippen molar-refractivity contribution in [2.75, 3.05) is 6.61 Å². The standard InChI is InChI=1S/C23H17ClO3/c24-21-7-2-8-22(16-21)27-13-3-5-17-9-11-19(12-10-17)20-6-1-4-18(14-20)15-23(25)26/h1-2,4,6-12,14,16H,13,15H2,(H,25,26). The average molecular weight is 377 g/mol. The lowest BCUT2D eigenvalue weighted by molar-refractivity contribution is -0.136. The fourth-order valence-electron chi connectivity index (χ4n) is 2.60. The predicted molar refractivity (Wildman–Crippen MR) is 107 cm³/mol. The topological polar surface area (TPSA) is 46.5 Å². The molecule has 0 heterocycles. The molecule has 3 aromatic rings. The molecule has 27 heavy (non-hydrogen) atoms. The lowest BCUT2D eigenvalue weighted by atomic mass is 10.0. The number of hydrogen-bond donors (Lipinski definition) is 1. The zero-order valence-electron chi connectivity index (χ0n) is 14.5. The van der Waals surface area contributed by atoms with Crippen LogP contribution in [0.1, 0.15) is 11.1 Å². The summed E-state index contributed by atoms with van der Waals surface area (Å²) in [6, 6.07) is 22.6. The third-order valence-corrected chi connectivity index (χ3v) is 4.08. The van der Waals surface area contributed by atoms with Gasteiger partial charge in [-0.1, -0.05) is 65.9 Å². The zero-order valence-corrected chi connectivity index (χ0v) is 15.2. The van der Waals surface area contributed by atoms with E-state index in [2.05, 4.69) is 11.8 Å². The molecule has 0 saturated carbocycles. The molecular formula is C23H17ClO3. The Morgan fingerprint density at radius 2 is 1.74 bits per heavy atom. The number of hydrogen-bond acceptors (Lipinski definition) is 2. The van der Waals surface area contributed by atoms with Gasteiger partial charge < -0.3 is 9.84 Å². The molecule has 0 aliphatic rings. The molecule has 0 spiro atoms. The van der Waals surface area contributed by atoms with Crippen molar-refractivity contribution in [2.45, 2.75) is 6.42 Å². The Hall–Kier alpha value is -3.22. The van der Waals surface area contributed by atoms with Gasteiger partial charge in [0.25, 0.3) is 0 Å². The molecule has 0 amide bonds. The second-order valence-electron chi connectivity index (χ2n) is 5.90. The summed E-state index contributed by atoms with van der Waals surface area (Å²) in [7, 11) is 0. The van der Waals surface area contributed by atoms with Crippen molar-refractivity contribution in [3.8, 4) is 28.7 Å². The maximum Gasteiger partial charge on any atom is 0.307 e. The molecular weight excluding hydrogens is 360 g/mol. The Morgan fingerprint density at radius 3 is 2.48 bits per heavy atom. The van der Waals surface area contributed by atoms with Crippen LogP contribution in [0.3, 0.4) is 0 Å². The highest BCUT2D eigenvalue weighted by atomic mass is 35.5. The highest BCUT2D eigenvalue weighted by molar-refractivity contribution is 6.30. The van der Waals surface area contributed by atoms with Gasteiger partial charge >= 0.3 is 5.97 Å². The first-order valence-electron chi connectivity index (χ1n) is 8.38. The van der Waals surface area contributed by atoms with Crippen LogP contribution in [-0.2, 0) is 11.2 Å². The van der Waals surface area contributed by atoms with Crippen LogP contribution in [0.5, 0.6) is 5.75 Å². The molecule has 3 rings (SSSR count). The molecule has 0 radical (unpaired) electrons. The van der Waals surface area contributed by atoms with Gasteiger partial charge in [-0.2, -0.15) is 0 Å². The van der Waals surface area contributed by atoms with Crippen LogP contribution in [0.15, 0.2) is 72.8 Å². The van der Waals surface area contributed by atoms with Crippen LogP contribution in [0.4, 0.5) is 0 Å². The van der Waals surface area contributed by atoms with Crippen molar-refractivity contribution in [2.24, 2.45) is 0 Å². The number of carboxylic acids is 1. The number of halogens is 1. The average Bonchev–Trinajstić information content (AvgIpc) is 2.65. The second kappa shape index (κ2) is 8.93. The van der Waals surface area contributed by atoms with E-state index in [9.17, 15) is 4.79 Å². The fraction of sp³-hybridized carbons (Fsp3) is 0.0870. The minimum Gasteiger partial charge on any atom is -0.481 e. The Morgan fingerprint density at radius 1 is 0.963 bits per heavy atom. The summed E-state index contributed by atoms with van der Waals surface area (Å²) >= 11 is 5.91. The van der Waals surface area contributed by atoms with Crippen molar-refractivity contribution in [1.29, 1.82) is 0 Å². The first-order chi connectivity index (χ1) is 13.1. The molecule has 0 saturated heterocycles. The summed E-state index contributed by atoms with van der Waals surface area (Å²) in [6.07, 6.45) is 0.0179. The second-order valence-corrected chi connectivity index (χ2v) is 6.33. The Kier molecular flexibility index (Phi) is 6.14. The van der Waals surface area contributed by atoms with Crippen LogP contribution in [0.2, 0.25) is 5.02 Å². The van der Waals surface area contributed by atoms with E-state index in [4.69, 9.17) is 21.4 Å². The smallest absolute Gasteiger partial charge is 0.307 e. The first-order valence-corrected chi connectivity index (χ1v) is 8.76. The number of rotatable bonds is 5. The van der Waals surface area contributed by atoms with Crippen LogP contribution >= 0.6 is 11.6 Å². The zero-order chi connectivity index (χ0) is 19.1. The molecule has 0 fully saturated rings. The summed E-state index contributed by atoms with van der Waals surface area (Å²) in [5.41, 5.74) is 3.66. The van der Waals surface area contributed by atoms with E-state index in [1.807, 2.05) is 60.7 Å². The summed E-state index contributed by atoms with van der Waals surface area (Å²) < 4.78 is 5.54. The third-order valence-electron chi connectivity index (χ3n) is 3.84. The summed E-state index contributed by atoms with van der Waals surface area (Å²) in [5, 5.41) is 9.55. The lowest BCUT2D eigenvalue weighted by Crippen LogP contribution is -1.99. The Balaban J connectivity index is 1.63. The van der Waals surface area contributed by atoms with E-state index in [0.29, 0.717) is 10.8 Å². The molecule has 0 bridgehead atoms. The fourth-order valence-corrected chi connectivity index (χ4v) is 2.78. The first kappa shape index (κ1) is 18.6. The number of carbonyl (C=O) groups is 1. The maximum atomic E-state index is 10.9. The van der Waals surface area contributed by atoms with Gasteiger partial charge in [-0.3, -0.25) is 4.79 Å². The largest absolute Gasteiger partial charge is 0.481 e.